The number of nitrogens with zero attached hydrogens (tertiary/aromatic N) is 3. The third-order valence-electron chi connectivity index (χ3n) is 5.99. The van der Waals surface area contributed by atoms with E-state index in [1.165, 1.54) is 56.5 Å². The van der Waals surface area contributed by atoms with Crippen LogP contribution in [-0.4, -0.2) is 20.4 Å². The number of fused-ring (bicyclic) bond motifs is 1. The fourth-order valence-corrected chi connectivity index (χ4v) is 4.91. The molecule has 0 spiro atoms. The lowest BCUT2D eigenvalue weighted by Gasteiger charge is -2.21. The van der Waals surface area contributed by atoms with Gasteiger partial charge in [-0.3, -0.25) is 4.79 Å². The predicted octanol–water partition coefficient (Wildman–Crippen LogP) is 6.01. The average Bonchev–Trinajstić information content (AvgIpc) is 3.05. The minimum atomic E-state index is -0.422. The van der Waals surface area contributed by atoms with Crippen molar-refractivity contribution in [2.24, 2.45) is 10.9 Å². The monoisotopic (exact) mass is 445 g/mol. The van der Waals surface area contributed by atoms with Gasteiger partial charge in [0, 0.05) is 29.2 Å². The smallest absolute Gasteiger partial charge is 0.277 e. The van der Waals surface area contributed by atoms with Crippen LogP contribution < -0.4 is 5.36 Å². The number of carbonyl (C=O) groups excluding carboxylic acids is 1. The second kappa shape index (κ2) is 8.86. The molecule has 1 aromatic carbocycles. The topological polar surface area (TPSA) is 59.5 Å². The molecule has 5 nitrogen and oxygen atoms in total. The van der Waals surface area contributed by atoms with E-state index in [0.29, 0.717) is 5.56 Å². The van der Waals surface area contributed by atoms with Gasteiger partial charge in [-0.15, -0.1) is 0 Å². The zero-order chi connectivity index (χ0) is 21.3. The fraction of sp³-hybridized carbons (Fsp3) is 0.391. The van der Waals surface area contributed by atoms with Crippen molar-refractivity contribution in [3.8, 4) is 0 Å². The highest BCUT2D eigenvalue weighted by atomic mass is 35.5. The van der Waals surface area contributed by atoms with Gasteiger partial charge in [0.25, 0.3) is 5.91 Å². The molecule has 2 aromatic heterocycles. The van der Waals surface area contributed by atoms with Crippen molar-refractivity contribution in [3.63, 3.8) is 0 Å². The van der Waals surface area contributed by atoms with Crippen molar-refractivity contribution in [3.05, 3.63) is 63.3 Å². The molecular weight excluding hydrogens is 421 g/mol. The Kier molecular flexibility index (Phi) is 6.21. The van der Waals surface area contributed by atoms with E-state index < -0.39 is 5.91 Å². The number of carbonyl (C=O) groups is 1. The normalized spacial score (nSPS) is 14.9. The van der Waals surface area contributed by atoms with Crippen LogP contribution in [0.3, 0.4) is 0 Å². The summed E-state index contributed by atoms with van der Waals surface area (Å²) in [4.78, 5) is 16.9. The van der Waals surface area contributed by atoms with Gasteiger partial charge >= 0.3 is 0 Å². The molecule has 1 aliphatic carbocycles. The van der Waals surface area contributed by atoms with Crippen LogP contribution in [0, 0.1) is 12.8 Å². The SMILES string of the molecule is Cc1cn(CCC2CCCCC2)c2cc(C(=O)N=c3c(Cl)cn(O)cc3Cl)ccc12. The first-order valence-corrected chi connectivity index (χ1v) is 11.1. The maximum atomic E-state index is 12.8. The van der Waals surface area contributed by atoms with Gasteiger partial charge in [0.2, 0.25) is 0 Å². The van der Waals surface area contributed by atoms with E-state index in [4.69, 9.17) is 23.2 Å². The van der Waals surface area contributed by atoms with Crippen LogP contribution in [0.2, 0.25) is 10.0 Å². The molecule has 0 aliphatic heterocycles. The third kappa shape index (κ3) is 4.42. The van der Waals surface area contributed by atoms with E-state index in [9.17, 15) is 10.0 Å². The molecule has 1 saturated carbocycles. The summed E-state index contributed by atoms with van der Waals surface area (Å²) in [6.45, 7) is 3.05. The molecule has 0 bridgehead atoms. The molecule has 0 radical (unpaired) electrons. The number of rotatable bonds is 4. The Bertz CT molecular complexity index is 1130. The molecule has 0 saturated heterocycles. The van der Waals surface area contributed by atoms with E-state index in [1.54, 1.807) is 6.07 Å². The quantitative estimate of drug-likeness (QED) is 0.499. The molecular formula is C23H25Cl2N3O2. The lowest BCUT2D eigenvalue weighted by atomic mass is 9.87. The van der Waals surface area contributed by atoms with Crippen LogP contribution in [0.4, 0.5) is 0 Å². The van der Waals surface area contributed by atoms with Crippen LogP contribution in [0.5, 0.6) is 0 Å². The first-order chi connectivity index (χ1) is 14.4. The van der Waals surface area contributed by atoms with Gasteiger partial charge < -0.3 is 9.77 Å². The Hall–Kier alpha value is -2.24. The molecule has 1 N–H and O–H groups in total. The van der Waals surface area contributed by atoms with Crippen LogP contribution in [-0.2, 0) is 6.54 Å². The number of halogens is 2. The Morgan fingerprint density at radius 1 is 1.13 bits per heavy atom. The fourth-order valence-electron chi connectivity index (χ4n) is 4.37. The highest BCUT2D eigenvalue weighted by molar-refractivity contribution is 6.34. The van der Waals surface area contributed by atoms with E-state index in [0.717, 1.165) is 28.1 Å². The molecule has 7 heteroatoms. The van der Waals surface area contributed by atoms with Gasteiger partial charge in [0.1, 0.15) is 5.36 Å². The summed E-state index contributed by atoms with van der Waals surface area (Å²) in [6.07, 6.45) is 12.5. The molecule has 1 amide bonds. The van der Waals surface area contributed by atoms with Gasteiger partial charge in [-0.05, 0) is 37.0 Å². The van der Waals surface area contributed by atoms with Crippen molar-refractivity contribution < 1.29 is 10.0 Å². The molecule has 3 aromatic rings. The lowest BCUT2D eigenvalue weighted by molar-refractivity contribution is 0.0998. The summed E-state index contributed by atoms with van der Waals surface area (Å²) in [5, 5.41) is 11.0. The summed E-state index contributed by atoms with van der Waals surface area (Å²) < 4.78 is 3.00. The highest BCUT2D eigenvalue weighted by Crippen LogP contribution is 2.28. The van der Waals surface area contributed by atoms with Crippen LogP contribution in [0.1, 0.15) is 54.4 Å². The van der Waals surface area contributed by atoms with Gasteiger partial charge in [-0.25, -0.2) is 4.99 Å². The van der Waals surface area contributed by atoms with E-state index in [2.05, 4.69) is 22.7 Å². The van der Waals surface area contributed by atoms with Crippen LogP contribution >= 0.6 is 23.2 Å². The minimum Gasteiger partial charge on any atom is -0.429 e. The Balaban J connectivity index is 1.64. The Labute approximate surface area is 185 Å². The van der Waals surface area contributed by atoms with Crippen molar-refractivity contribution in [1.82, 2.24) is 9.30 Å². The molecule has 2 heterocycles. The largest absolute Gasteiger partial charge is 0.429 e. The van der Waals surface area contributed by atoms with Crippen LogP contribution in [0.25, 0.3) is 10.9 Å². The second-order valence-electron chi connectivity index (χ2n) is 8.13. The van der Waals surface area contributed by atoms with Gasteiger partial charge in [0.15, 0.2) is 0 Å². The van der Waals surface area contributed by atoms with Crippen LogP contribution in [0.15, 0.2) is 41.8 Å². The minimum absolute atomic E-state index is 0.103. The number of aryl methyl sites for hydroxylation is 2. The maximum absolute atomic E-state index is 12.8. The summed E-state index contributed by atoms with van der Waals surface area (Å²) in [7, 11) is 0. The molecule has 4 rings (SSSR count). The van der Waals surface area contributed by atoms with E-state index in [-0.39, 0.29) is 15.4 Å². The van der Waals surface area contributed by atoms with Gasteiger partial charge in [-0.1, -0.05) is 61.4 Å². The van der Waals surface area contributed by atoms with E-state index >= 15 is 0 Å². The number of benzene rings is 1. The second-order valence-corrected chi connectivity index (χ2v) is 8.94. The number of aromatic nitrogens is 2. The number of hydrogen-bond acceptors (Lipinski definition) is 2. The first kappa shape index (κ1) is 21.0. The Morgan fingerprint density at radius 3 is 2.53 bits per heavy atom. The zero-order valence-corrected chi connectivity index (χ0v) is 18.5. The average molecular weight is 446 g/mol. The maximum Gasteiger partial charge on any atom is 0.277 e. The van der Waals surface area contributed by atoms with Crippen molar-refractivity contribution in [2.45, 2.75) is 52.0 Å². The molecule has 0 atom stereocenters. The lowest BCUT2D eigenvalue weighted by Crippen LogP contribution is -2.12. The molecule has 0 unspecified atom stereocenters. The standard InChI is InChI=1S/C23H25Cl2N3O2/c1-15-12-27(10-9-16-5-3-2-4-6-16)21-11-17(7-8-18(15)21)23(29)26-22-19(24)13-28(30)14-20(22)25/h7-8,11-14,16,30H,2-6,9-10H2,1H3. The van der Waals surface area contributed by atoms with Crippen molar-refractivity contribution in [2.75, 3.05) is 0 Å². The molecule has 158 valence electrons. The van der Waals surface area contributed by atoms with Gasteiger partial charge in [-0.2, -0.15) is 4.73 Å². The zero-order valence-electron chi connectivity index (χ0n) is 16.9. The number of pyridine rings is 1. The summed E-state index contributed by atoms with van der Waals surface area (Å²) in [5.74, 6) is 0.377. The number of amides is 1. The summed E-state index contributed by atoms with van der Waals surface area (Å²) in [6, 6.07) is 5.65. The Morgan fingerprint density at radius 2 is 1.83 bits per heavy atom. The third-order valence-corrected chi connectivity index (χ3v) is 6.54. The highest BCUT2D eigenvalue weighted by Gasteiger charge is 2.15. The molecule has 1 fully saturated rings. The molecule has 1 aliphatic rings. The number of hydrogen-bond donors (Lipinski definition) is 1. The molecule has 30 heavy (non-hydrogen) atoms. The summed E-state index contributed by atoms with van der Waals surface area (Å²) >= 11 is 12.2. The van der Waals surface area contributed by atoms with Crippen molar-refractivity contribution in [1.29, 1.82) is 0 Å². The van der Waals surface area contributed by atoms with Crippen molar-refractivity contribution >= 4 is 40.0 Å². The van der Waals surface area contributed by atoms with E-state index in [1.807, 2.05) is 12.1 Å². The summed E-state index contributed by atoms with van der Waals surface area (Å²) in [5.41, 5.74) is 2.72. The predicted molar refractivity (Wildman–Crippen MR) is 119 cm³/mol. The van der Waals surface area contributed by atoms with Gasteiger partial charge in [0.05, 0.1) is 22.4 Å². The first-order valence-electron chi connectivity index (χ1n) is 10.4.